The molecule has 0 saturated carbocycles. The Hall–Kier alpha value is -2.64. The highest BCUT2D eigenvalue weighted by Crippen LogP contribution is 2.34. The van der Waals surface area contributed by atoms with Crippen molar-refractivity contribution >= 4 is 11.7 Å². The second-order valence-electron chi connectivity index (χ2n) is 7.47. The molecule has 3 heterocycles. The molecule has 1 aliphatic heterocycles. The number of nitrogens with one attached hydrogen (secondary N) is 1. The first kappa shape index (κ1) is 18.2. The van der Waals surface area contributed by atoms with Gasteiger partial charge in [-0.2, -0.15) is 0 Å². The van der Waals surface area contributed by atoms with Gasteiger partial charge in [-0.15, -0.1) is 0 Å². The first-order valence-corrected chi connectivity index (χ1v) is 8.67. The smallest absolute Gasteiger partial charge is 0.228 e. The van der Waals surface area contributed by atoms with Crippen LogP contribution >= 0.6 is 0 Å². The number of carbonyl (C=O) groups is 1. The number of hydrogen-bond acceptors (Lipinski definition) is 6. The lowest BCUT2D eigenvalue weighted by molar-refractivity contribution is -0.129. The largest absolute Gasteiger partial charge is 0.491 e. The lowest BCUT2D eigenvalue weighted by Crippen LogP contribution is -2.35. The number of likely N-dealkylation sites (tertiary alicyclic amines) is 1. The van der Waals surface area contributed by atoms with Crippen molar-refractivity contribution in [2.75, 3.05) is 25.5 Å². The molecule has 1 fully saturated rings. The van der Waals surface area contributed by atoms with E-state index in [0.29, 0.717) is 31.1 Å². The summed E-state index contributed by atoms with van der Waals surface area (Å²) in [4.78, 5) is 27.2. The number of anilines is 1. The SMILES string of the molecule is COc1c(C)ncnc1NC1CN(C(=O)Cc2cncn2C)CC1(C)C. The van der Waals surface area contributed by atoms with Gasteiger partial charge in [0.05, 0.1) is 31.6 Å². The van der Waals surface area contributed by atoms with Crippen LogP contribution in [0.5, 0.6) is 5.75 Å². The maximum atomic E-state index is 12.7. The minimum Gasteiger partial charge on any atom is -0.491 e. The van der Waals surface area contributed by atoms with Crippen LogP contribution in [0.4, 0.5) is 5.82 Å². The van der Waals surface area contributed by atoms with E-state index in [4.69, 9.17) is 4.74 Å². The molecule has 0 spiro atoms. The minimum atomic E-state index is -0.0913. The van der Waals surface area contributed by atoms with Crippen LogP contribution < -0.4 is 10.1 Å². The van der Waals surface area contributed by atoms with E-state index in [1.807, 2.05) is 23.4 Å². The fourth-order valence-electron chi connectivity index (χ4n) is 3.36. The summed E-state index contributed by atoms with van der Waals surface area (Å²) in [5.41, 5.74) is 1.61. The predicted molar refractivity (Wildman–Crippen MR) is 98.0 cm³/mol. The lowest BCUT2D eigenvalue weighted by Gasteiger charge is -2.27. The molecule has 8 nitrogen and oxygen atoms in total. The van der Waals surface area contributed by atoms with E-state index in [9.17, 15) is 4.79 Å². The Kier molecular flexibility index (Phi) is 4.84. The summed E-state index contributed by atoms with van der Waals surface area (Å²) in [5.74, 6) is 1.42. The van der Waals surface area contributed by atoms with Gasteiger partial charge in [0.2, 0.25) is 5.91 Å². The lowest BCUT2D eigenvalue weighted by atomic mass is 9.88. The van der Waals surface area contributed by atoms with Crippen LogP contribution in [0.15, 0.2) is 18.9 Å². The van der Waals surface area contributed by atoms with Crippen molar-refractivity contribution in [2.24, 2.45) is 12.5 Å². The van der Waals surface area contributed by atoms with Crippen LogP contribution in [-0.2, 0) is 18.3 Å². The topological polar surface area (TPSA) is 85.2 Å². The number of carbonyl (C=O) groups excluding carboxylic acids is 1. The first-order valence-electron chi connectivity index (χ1n) is 8.67. The number of imidazole rings is 1. The number of aryl methyl sites for hydroxylation is 2. The number of aromatic nitrogens is 4. The van der Waals surface area contributed by atoms with Gasteiger partial charge in [0.1, 0.15) is 6.33 Å². The normalized spacial score (nSPS) is 18.8. The maximum absolute atomic E-state index is 12.7. The number of nitrogens with zero attached hydrogens (tertiary/aromatic N) is 5. The van der Waals surface area contributed by atoms with E-state index in [0.717, 1.165) is 11.4 Å². The van der Waals surface area contributed by atoms with E-state index in [2.05, 4.69) is 34.1 Å². The predicted octanol–water partition coefficient (Wildman–Crippen LogP) is 1.42. The fraction of sp³-hybridized carbons (Fsp3) is 0.556. The van der Waals surface area contributed by atoms with Gasteiger partial charge in [-0.05, 0) is 6.92 Å². The molecule has 0 radical (unpaired) electrons. The highest BCUT2D eigenvalue weighted by Gasteiger charge is 2.41. The zero-order valence-corrected chi connectivity index (χ0v) is 16.0. The third-order valence-corrected chi connectivity index (χ3v) is 5.04. The average Bonchev–Trinajstić information content (AvgIpc) is 3.11. The van der Waals surface area contributed by atoms with Crippen LogP contribution in [0, 0.1) is 12.3 Å². The van der Waals surface area contributed by atoms with Crippen LogP contribution in [0.2, 0.25) is 0 Å². The van der Waals surface area contributed by atoms with Crippen molar-refractivity contribution in [3.8, 4) is 5.75 Å². The van der Waals surface area contributed by atoms with Crippen LogP contribution in [0.3, 0.4) is 0 Å². The molecule has 8 heteroatoms. The molecule has 1 N–H and O–H groups in total. The zero-order chi connectivity index (χ0) is 18.9. The van der Waals surface area contributed by atoms with E-state index in [-0.39, 0.29) is 17.4 Å². The molecular formula is C18H26N6O2. The number of methoxy groups -OCH3 is 1. The minimum absolute atomic E-state index is 0.0705. The number of hydrogen-bond donors (Lipinski definition) is 1. The van der Waals surface area contributed by atoms with Gasteiger partial charge in [-0.1, -0.05) is 13.8 Å². The molecule has 0 bridgehead atoms. The van der Waals surface area contributed by atoms with Gasteiger partial charge in [-0.3, -0.25) is 4.79 Å². The van der Waals surface area contributed by atoms with Crippen molar-refractivity contribution in [1.29, 1.82) is 0 Å². The molecule has 3 rings (SSSR count). The highest BCUT2D eigenvalue weighted by molar-refractivity contribution is 5.79. The molecule has 1 amide bonds. The summed E-state index contributed by atoms with van der Waals surface area (Å²) in [5, 5.41) is 3.46. The van der Waals surface area contributed by atoms with E-state index in [1.165, 1.54) is 6.33 Å². The number of rotatable bonds is 5. The van der Waals surface area contributed by atoms with Crippen LogP contribution in [-0.4, -0.2) is 56.6 Å². The maximum Gasteiger partial charge on any atom is 0.228 e. The summed E-state index contributed by atoms with van der Waals surface area (Å²) in [6.45, 7) is 7.50. The second kappa shape index (κ2) is 6.93. The highest BCUT2D eigenvalue weighted by atomic mass is 16.5. The molecule has 1 unspecified atom stereocenters. The van der Waals surface area contributed by atoms with Gasteiger partial charge in [0.15, 0.2) is 11.6 Å². The summed E-state index contributed by atoms with van der Waals surface area (Å²) in [6, 6.07) is 0.0705. The Morgan fingerprint density at radius 3 is 2.85 bits per heavy atom. The summed E-state index contributed by atoms with van der Waals surface area (Å²) >= 11 is 0. The number of amides is 1. The van der Waals surface area contributed by atoms with Gasteiger partial charge < -0.3 is 19.5 Å². The average molecular weight is 358 g/mol. The van der Waals surface area contributed by atoms with E-state index < -0.39 is 0 Å². The molecule has 26 heavy (non-hydrogen) atoms. The summed E-state index contributed by atoms with van der Waals surface area (Å²) in [6.07, 6.45) is 5.33. The van der Waals surface area contributed by atoms with Crippen molar-refractivity contribution in [3.05, 3.63) is 30.2 Å². The van der Waals surface area contributed by atoms with Gasteiger partial charge in [0, 0.05) is 37.4 Å². The molecule has 1 aliphatic rings. The second-order valence-corrected chi connectivity index (χ2v) is 7.47. The Labute approximate surface area is 153 Å². The fourth-order valence-corrected chi connectivity index (χ4v) is 3.36. The third kappa shape index (κ3) is 3.49. The Morgan fingerprint density at radius 1 is 1.42 bits per heavy atom. The van der Waals surface area contributed by atoms with E-state index >= 15 is 0 Å². The Morgan fingerprint density at radius 2 is 2.19 bits per heavy atom. The first-order chi connectivity index (χ1) is 12.3. The van der Waals surface area contributed by atoms with Gasteiger partial charge in [0.25, 0.3) is 0 Å². The summed E-state index contributed by atoms with van der Waals surface area (Å²) in [7, 11) is 3.51. The molecule has 2 aromatic rings. The number of ether oxygens (including phenoxy) is 1. The Balaban J connectivity index is 1.73. The molecule has 1 atom stereocenters. The molecule has 140 valence electrons. The third-order valence-electron chi connectivity index (χ3n) is 5.04. The zero-order valence-electron chi connectivity index (χ0n) is 16.0. The molecule has 2 aromatic heterocycles. The monoisotopic (exact) mass is 358 g/mol. The van der Waals surface area contributed by atoms with Crippen molar-refractivity contribution in [1.82, 2.24) is 24.4 Å². The van der Waals surface area contributed by atoms with E-state index in [1.54, 1.807) is 19.6 Å². The molecule has 0 aliphatic carbocycles. The van der Waals surface area contributed by atoms with Gasteiger partial charge in [-0.25, -0.2) is 15.0 Å². The summed E-state index contributed by atoms with van der Waals surface area (Å²) < 4.78 is 7.31. The Bertz CT molecular complexity index is 801. The molecule has 1 saturated heterocycles. The van der Waals surface area contributed by atoms with Crippen LogP contribution in [0.25, 0.3) is 0 Å². The van der Waals surface area contributed by atoms with Crippen molar-refractivity contribution in [2.45, 2.75) is 33.2 Å². The standard InChI is InChI=1S/C18H26N6O2/c1-12-16(26-5)17(21-10-20-12)22-14-8-24(9-18(14,2)3)15(25)6-13-7-19-11-23(13)4/h7,10-11,14H,6,8-9H2,1-5H3,(H,20,21,22). The van der Waals surface area contributed by atoms with Crippen molar-refractivity contribution in [3.63, 3.8) is 0 Å². The van der Waals surface area contributed by atoms with Gasteiger partial charge >= 0.3 is 0 Å². The molecular weight excluding hydrogens is 332 g/mol. The van der Waals surface area contributed by atoms with Crippen molar-refractivity contribution < 1.29 is 9.53 Å². The van der Waals surface area contributed by atoms with Crippen LogP contribution in [0.1, 0.15) is 25.2 Å². The molecule has 0 aromatic carbocycles. The quantitative estimate of drug-likeness (QED) is 0.870.